The van der Waals surface area contributed by atoms with Gasteiger partial charge in [-0.2, -0.15) is 0 Å². The highest BCUT2D eigenvalue weighted by Gasteiger charge is 2.31. The number of nitrogens with zero attached hydrogens (tertiary/aromatic N) is 1. The van der Waals surface area contributed by atoms with E-state index >= 15 is 0 Å². The molecule has 1 aromatic heterocycles. The molecule has 5 nitrogen and oxygen atoms in total. The summed E-state index contributed by atoms with van der Waals surface area (Å²) in [6, 6.07) is 9.11. The average molecular weight is 321 g/mol. The maximum absolute atomic E-state index is 12.9. The molecule has 0 amide bonds. The summed E-state index contributed by atoms with van der Waals surface area (Å²) in [7, 11) is 4.78. The molecule has 0 N–H and O–H groups in total. The molecule has 1 heterocycles. The van der Waals surface area contributed by atoms with Crippen LogP contribution in [0.5, 0.6) is 17.2 Å². The average Bonchev–Trinajstić information content (AvgIpc) is 2.64. The minimum Gasteiger partial charge on any atom is -0.497 e. The van der Waals surface area contributed by atoms with Crippen LogP contribution < -0.4 is 14.2 Å². The Labute approximate surface area is 138 Å². The third-order valence-corrected chi connectivity index (χ3v) is 4.35. The van der Waals surface area contributed by atoms with Gasteiger partial charge in [-0.15, -0.1) is 0 Å². The molecule has 3 aromatic rings. The van der Waals surface area contributed by atoms with E-state index < -0.39 is 0 Å². The summed E-state index contributed by atoms with van der Waals surface area (Å²) in [6.45, 7) is 0. The summed E-state index contributed by atoms with van der Waals surface area (Å²) in [5, 5.41) is 1.66. The van der Waals surface area contributed by atoms with Gasteiger partial charge in [0.05, 0.1) is 21.3 Å². The lowest BCUT2D eigenvalue weighted by atomic mass is 9.84. The van der Waals surface area contributed by atoms with E-state index in [1.165, 1.54) is 0 Å². The van der Waals surface area contributed by atoms with Crippen molar-refractivity contribution in [1.29, 1.82) is 0 Å². The van der Waals surface area contributed by atoms with Crippen LogP contribution in [0.3, 0.4) is 0 Å². The number of ether oxygens (including phenoxy) is 3. The number of aromatic nitrogens is 1. The number of methoxy groups -OCH3 is 3. The second kappa shape index (κ2) is 5.23. The van der Waals surface area contributed by atoms with Crippen molar-refractivity contribution in [2.24, 2.45) is 0 Å². The van der Waals surface area contributed by atoms with Crippen molar-refractivity contribution in [1.82, 2.24) is 4.98 Å². The van der Waals surface area contributed by atoms with E-state index in [4.69, 9.17) is 14.2 Å². The van der Waals surface area contributed by atoms with E-state index in [0.717, 1.165) is 21.9 Å². The number of ketones is 1. The van der Waals surface area contributed by atoms with Crippen molar-refractivity contribution in [3.8, 4) is 28.4 Å². The number of fused-ring (bicyclic) bond motifs is 2. The van der Waals surface area contributed by atoms with Gasteiger partial charge in [0.2, 0.25) is 5.78 Å². The van der Waals surface area contributed by atoms with Gasteiger partial charge in [-0.1, -0.05) is 0 Å². The molecule has 5 heteroatoms. The monoisotopic (exact) mass is 321 g/mol. The molecule has 1 aliphatic rings. The van der Waals surface area contributed by atoms with E-state index in [-0.39, 0.29) is 5.78 Å². The second-order valence-corrected chi connectivity index (χ2v) is 5.49. The van der Waals surface area contributed by atoms with E-state index in [1.807, 2.05) is 18.2 Å². The topological polar surface area (TPSA) is 57.6 Å². The first-order chi connectivity index (χ1) is 11.7. The molecule has 120 valence electrons. The maximum atomic E-state index is 12.9. The molecular formula is C19H15NO4. The van der Waals surface area contributed by atoms with Gasteiger partial charge in [0.25, 0.3) is 0 Å². The predicted octanol–water partition coefficient (Wildman–Crippen LogP) is 3.47. The quantitative estimate of drug-likeness (QED) is 0.578. The van der Waals surface area contributed by atoms with Gasteiger partial charge in [-0.25, -0.2) is 0 Å². The van der Waals surface area contributed by atoms with E-state index in [1.54, 1.807) is 39.7 Å². The first-order valence-electron chi connectivity index (χ1n) is 7.46. The molecular weight excluding hydrogens is 306 g/mol. The minimum atomic E-state index is -0.0991. The Morgan fingerprint density at radius 1 is 0.917 bits per heavy atom. The SMILES string of the molecule is COc1ccc2c(c1)-c1c(OC)c(OC)cc3ccnc(c13)C2=O. The highest BCUT2D eigenvalue weighted by atomic mass is 16.5. The third-order valence-electron chi connectivity index (χ3n) is 4.35. The molecule has 4 rings (SSSR count). The van der Waals surface area contributed by atoms with Crippen LogP contribution in [0.25, 0.3) is 21.9 Å². The number of pyridine rings is 1. The summed E-state index contributed by atoms with van der Waals surface area (Å²) in [6.07, 6.45) is 1.64. The van der Waals surface area contributed by atoms with Gasteiger partial charge >= 0.3 is 0 Å². The number of carbonyl (C=O) groups excluding carboxylic acids is 1. The van der Waals surface area contributed by atoms with Crippen molar-refractivity contribution >= 4 is 16.6 Å². The van der Waals surface area contributed by atoms with Crippen LogP contribution in [0.15, 0.2) is 36.5 Å². The highest BCUT2D eigenvalue weighted by molar-refractivity contribution is 6.26. The normalized spacial score (nSPS) is 12.0. The second-order valence-electron chi connectivity index (χ2n) is 5.49. The predicted molar refractivity (Wildman–Crippen MR) is 90.3 cm³/mol. The highest BCUT2D eigenvalue weighted by Crippen LogP contribution is 2.49. The van der Waals surface area contributed by atoms with Crippen LogP contribution in [-0.4, -0.2) is 32.1 Å². The molecule has 0 atom stereocenters. The van der Waals surface area contributed by atoms with Gasteiger partial charge in [-0.3, -0.25) is 9.78 Å². The molecule has 0 spiro atoms. The van der Waals surface area contributed by atoms with Gasteiger partial charge in [-0.05, 0) is 35.7 Å². The molecule has 0 fully saturated rings. The zero-order valence-electron chi connectivity index (χ0n) is 13.5. The van der Waals surface area contributed by atoms with Crippen LogP contribution in [0.1, 0.15) is 16.1 Å². The molecule has 24 heavy (non-hydrogen) atoms. The molecule has 0 aliphatic heterocycles. The van der Waals surface area contributed by atoms with Gasteiger partial charge in [0, 0.05) is 28.3 Å². The summed E-state index contributed by atoms with van der Waals surface area (Å²) in [4.78, 5) is 17.2. The molecule has 0 radical (unpaired) electrons. The molecule has 0 saturated carbocycles. The van der Waals surface area contributed by atoms with Crippen molar-refractivity contribution in [3.63, 3.8) is 0 Å². The Bertz CT molecular complexity index is 994. The first kappa shape index (κ1) is 14.5. The molecule has 0 bridgehead atoms. The number of rotatable bonds is 3. The fraction of sp³-hybridized carbons (Fsp3) is 0.158. The van der Waals surface area contributed by atoms with Crippen LogP contribution in [-0.2, 0) is 0 Å². The standard InChI is InChI=1S/C19H15NO4/c1-22-11-4-5-12-13(9-11)16-15-10(6-7-20-17(15)18(12)21)8-14(23-2)19(16)24-3/h4-9H,1-3H3. The Hall–Kier alpha value is -3.08. The van der Waals surface area contributed by atoms with Gasteiger partial charge < -0.3 is 14.2 Å². The summed E-state index contributed by atoms with van der Waals surface area (Å²) < 4.78 is 16.4. The lowest BCUT2D eigenvalue weighted by Gasteiger charge is -2.23. The summed E-state index contributed by atoms with van der Waals surface area (Å²) >= 11 is 0. The lowest BCUT2D eigenvalue weighted by molar-refractivity contribution is 0.103. The Kier molecular flexibility index (Phi) is 3.16. The maximum Gasteiger partial charge on any atom is 0.212 e. The summed E-state index contributed by atoms with van der Waals surface area (Å²) in [5.41, 5.74) is 2.58. The Balaban J connectivity index is 2.23. The zero-order chi connectivity index (χ0) is 16.8. The molecule has 0 saturated heterocycles. The lowest BCUT2D eigenvalue weighted by Crippen LogP contribution is -2.13. The number of hydrogen-bond acceptors (Lipinski definition) is 5. The first-order valence-corrected chi connectivity index (χ1v) is 7.46. The van der Waals surface area contributed by atoms with Gasteiger partial charge in [0.15, 0.2) is 11.5 Å². The van der Waals surface area contributed by atoms with Gasteiger partial charge in [0.1, 0.15) is 11.4 Å². The van der Waals surface area contributed by atoms with Crippen LogP contribution in [0.2, 0.25) is 0 Å². The number of benzene rings is 2. The Morgan fingerprint density at radius 3 is 2.46 bits per heavy atom. The smallest absolute Gasteiger partial charge is 0.212 e. The minimum absolute atomic E-state index is 0.0991. The van der Waals surface area contributed by atoms with Crippen molar-refractivity contribution in [2.75, 3.05) is 21.3 Å². The fourth-order valence-electron chi connectivity index (χ4n) is 3.27. The largest absolute Gasteiger partial charge is 0.497 e. The Morgan fingerprint density at radius 2 is 1.75 bits per heavy atom. The van der Waals surface area contributed by atoms with Crippen molar-refractivity contribution in [2.45, 2.75) is 0 Å². The molecule has 2 aromatic carbocycles. The fourth-order valence-corrected chi connectivity index (χ4v) is 3.27. The number of carbonyl (C=O) groups is 1. The van der Waals surface area contributed by atoms with Crippen LogP contribution >= 0.6 is 0 Å². The molecule has 0 unspecified atom stereocenters. The number of hydrogen-bond donors (Lipinski definition) is 0. The van der Waals surface area contributed by atoms with E-state index in [0.29, 0.717) is 28.5 Å². The zero-order valence-corrected chi connectivity index (χ0v) is 13.5. The summed E-state index contributed by atoms with van der Waals surface area (Å²) in [5.74, 6) is 1.77. The van der Waals surface area contributed by atoms with E-state index in [9.17, 15) is 4.79 Å². The molecule has 1 aliphatic carbocycles. The van der Waals surface area contributed by atoms with Crippen molar-refractivity contribution in [3.05, 3.63) is 47.8 Å². The van der Waals surface area contributed by atoms with E-state index in [2.05, 4.69) is 4.98 Å². The third kappa shape index (κ3) is 1.81. The van der Waals surface area contributed by atoms with Crippen LogP contribution in [0, 0.1) is 0 Å². The van der Waals surface area contributed by atoms with Crippen molar-refractivity contribution < 1.29 is 19.0 Å². The van der Waals surface area contributed by atoms with Crippen LogP contribution in [0.4, 0.5) is 0 Å².